The van der Waals surface area contributed by atoms with E-state index in [9.17, 15) is 27.5 Å². The maximum atomic E-state index is 13.8. The third-order valence-electron chi connectivity index (χ3n) is 5.21. The Morgan fingerprint density at radius 3 is 2.47 bits per heavy atom. The Labute approximate surface area is 194 Å². The number of aliphatic carboxylic acids is 1. The lowest BCUT2D eigenvalue weighted by Crippen LogP contribution is -2.16. The van der Waals surface area contributed by atoms with Crippen LogP contribution >= 0.6 is 11.3 Å². The first-order chi connectivity index (χ1) is 16.0. The molecule has 4 aromatic rings. The highest BCUT2D eigenvalue weighted by Gasteiger charge is 2.31. The monoisotopic (exact) mass is 487 g/mol. The second-order valence-corrected chi connectivity index (χ2v) is 8.66. The van der Waals surface area contributed by atoms with E-state index in [0.717, 1.165) is 29.5 Å². The first-order valence-electron chi connectivity index (χ1n) is 9.93. The summed E-state index contributed by atoms with van der Waals surface area (Å²) in [5.74, 6) is -1.96. The number of hydrogen-bond donors (Lipinski definition) is 3. The molecule has 0 amide bonds. The van der Waals surface area contributed by atoms with Gasteiger partial charge in [-0.05, 0) is 60.7 Å². The lowest BCUT2D eigenvalue weighted by molar-refractivity contribution is -0.137. The van der Waals surface area contributed by atoms with Gasteiger partial charge in [-0.3, -0.25) is 0 Å². The Morgan fingerprint density at radius 1 is 1.12 bits per heavy atom. The molecule has 0 radical (unpaired) electrons. The average molecular weight is 487 g/mol. The van der Waals surface area contributed by atoms with Crippen LogP contribution in [0.4, 0.5) is 22.7 Å². The van der Waals surface area contributed by atoms with Gasteiger partial charge in [0.25, 0.3) is 0 Å². The molecule has 0 fully saturated rings. The molecule has 0 saturated carbocycles. The van der Waals surface area contributed by atoms with Crippen LogP contribution in [-0.4, -0.2) is 21.8 Å². The summed E-state index contributed by atoms with van der Waals surface area (Å²) in [6.07, 6.45) is -4.48. The number of carboxylic acids is 1. The fourth-order valence-electron chi connectivity index (χ4n) is 3.73. The van der Waals surface area contributed by atoms with E-state index in [1.54, 1.807) is 13.0 Å². The third kappa shape index (κ3) is 4.36. The predicted octanol–water partition coefficient (Wildman–Crippen LogP) is 6.86. The number of halogens is 4. The van der Waals surface area contributed by atoms with Crippen molar-refractivity contribution in [2.75, 3.05) is 5.32 Å². The Balaban J connectivity index is 1.87. The molecule has 0 bridgehead atoms. The van der Waals surface area contributed by atoms with Gasteiger partial charge in [-0.15, -0.1) is 0 Å². The number of anilines is 1. The molecule has 1 heterocycles. The highest BCUT2D eigenvalue weighted by atomic mass is 32.1. The van der Waals surface area contributed by atoms with E-state index in [2.05, 4.69) is 10.3 Å². The number of benzene rings is 3. The van der Waals surface area contributed by atoms with Crippen LogP contribution in [0.25, 0.3) is 26.6 Å². The van der Waals surface area contributed by atoms with Crippen molar-refractivity contribution < 1.29 is 27.5 Å². The van der Waals surface area contributed by atoms with E-state index >= 15 is 0 Å². The molecule has 10 heteroatoms. The fraction of sp³-hybridized carbons (Fsp3) is 0.125. The molecule has 4 rings (SSSR count). The lowest BCUT2D eigenvalue weighted by atomic mass is 9.99. The van der Waals surface area contributed by atoms with Crippen molar-refractivity contribution in [1.29, 1.82) is 5.41 Å². The van der Waals surface area contributed by atoms with Crippen LogP contribution in [0.2, 0.25) is 0 Å². The van der Waals surface area contributed by atoms with Crippen LogP contribution in [0.1, 0.15) is 23.6 Å². The number of carbonyl (C=O) groups is 1. The van der Waals surface area contributed by atoms with Gasteiger partial charge in [0.2, 0.25) is 0 Å². The molecule has 0 aliphatic carbocycles. The Bertz CT molecular complexity index is 1510. The summed E-state index contributed by atoms with van der Waals surface area (Å²) in [5.41, 5.74) is 0.00377. The van der Waals surface area contributed by atoms with Crippen molar-refractivity contribution in [3.63, 3.8) is 0 Å². The third-order valence-corrected chi connectivity index (χ3v) is 6.13. The van der Waals surface area contributed by atoms with Gasteiger partial charge in [-0.25, -0.2) is 14.2 Å². The van der Waals surface area contributed by atoms with E-state index in [1.807, 2.05) is 0 Å². The zero-order valence-electron chi connectivity index (χ0n) is 17.8. The van der Waals surface area contributed by atoms with E-state index < -0.39 is 23.5 Å². The number of nitrogens with one attached hydrogen (secondary N) is 2. The van der Waals surface area contributed by atoms with Gasteiger partial charge in [-0.1, -0.05) is 29.5 Å². The maximum Gasteiger partial charge on any atom is 0.416 e. The molecule has 174 valence electrons. The summed E-state index contributed by atoms with van der Waals surface area (Å²) in [7, 11) is 0. The number of fused-ring (bicyclic) bond motifs is 3. The zero-order valence-corrected chi connectivity index (χ0v) is 18.7. The van der Waals surface area contributed by atoms with Crippen molar-refractivity contribution in [3.05, 3.63) is 76.7 Å². The summed E-state index contributed by atoms with van der Waals surface area (Å²) in [5, 5.41) is 21.7. The largest absolute Gasteiger partial charge is 0.477 e. The molecule has 0 unspecified atom stereocenters. The minimum absolute atomic E-state index is 0.0119. The van der Waals surface area contributed by atoms with Gasteiger partial charge in [0, 0.05) is 16.7 Å². The number of aryl methyl sites for hydroxylation is 1. The minimum Gasteiger partial charge on any atom is -0.477 e. The second kappa shape index (κ2) is 8.53. The van der Waals surface area contributed by atoms with Gasteiger partial charge < -0.3 is 15.8 Å². The van der Waals surface area contributed by atoms with E-state index in [0.29, 0.717) is 26.6 Å². The molecule has 5 nitrogen and oxygen atoms in total. The summed E-state index contributed by atoms with van der Waals surface area (Å²) < 4.78 is 53.9. The number of allylic oxidation sites excluding steroid dienone is 1. The van der Waals surface area contributed by atoms with Gasteiger partial charge in [0.15, 0.2) is 5.13 Å². The number of alkyl halides is 3. The van der Waals surface area contributed by atoms with Crippen LogP contribution in [-0.2, 0) is 11.0 Å². The fourth-order valence-corrected chi connectivity index (χ4v) is 4.71. The van der Waals surface area contributed by atoms with Crippen LogP contribution < -0.4 is 5.32 Å². The second-order valence-electron chi connectivity index (χ2n) is 7.63. The standard InChI is InChI=1S/C24H17F4N3O2S/c1-11-8-18-20(16-7-6-14(10-17(11)16)24(26,27)28)30-23(34-18)31-21(22(32)33)19(12(2)29)13-4-3-5-15(25)9-13/h3-10,29H,1-2H3,(H,30,31)(H,32,33)/b21-19+,29-12?. The zero-order chi connectivity index (χ0) is 24.8. The summed E-state index contributed by atoms with van der Waals surface area (Å²) in [4.78, 5) is 16.5. The van der Waals surface area contributed by atoms with Crippen molar-refractivity contribution in [2.24, 2.45) is 0 Å². The average Bonchev–Trinajstić information content (AvgIpc) is 3.14. The molecular formula is C24H17F4N3O2S. The Hall–Kier alpha value is -3.79. The van der Waals surface area contributed by atoms with Gasteiger partial charge in [-0.2, -0.15) is 13.2 Å². The van der Waals surface area contributed by atoms with Crippen molar-refractivity contribution >= 4 is 54.7 Å². The SMILES string of the molecule is CC(=N)/C(=C(\Nc1nc2c(cc(C)c3cc(C(F)(F)F)ccc32)s1)C(=O)O)c1cccc(F)c1. The summed E-state index contributed by atoms with van der Waals surface area (Å²) >= 11 is 1.12. The first-order valence-corrected chi connectivity index (χ1v) is 10.7. The van der Waals surface area contributed by atoms with Crippen LogP contribution in [0.15, 0.2) is 54.2 Å². The van der Waals surface area contributed by atoms with Crippen LogP contribution in [0, 0.1) is 18.2 Å². The molecule has 34 heavy (non-hydrogen) atoms. The van der Waals surface area contributed by atoms with E-state index in [-0.39, 0.29) is 27.7 Å². The number of carboxylic acid groups (broad SMARTS) is 1. The quantitative estimate of drug-likeness (QED) is 0.163. The Kier molecular flexibility index (Phi) is 5.86. The minimum atomic E-state index is -4.48. The topological polar surface area (TPSA) is 86.1 Å². The van der Waals surface area contributed by atoms with Crippen LogP contribution in [0.5, 0.6) is 0 Å². The molecule has 1 aromatic heterocycles. The number of hydrogen-bond acceptors (Lipinski definition) is 5. The smallest absolute Gasteiger partial charge is 0.416 e. The number of aromatic nitrogens is 1. The summed E-state index contributed by atoms with van der Waals surface area (Å²) in [6, 6.07) is 10.3. The normalized spacial score (nSPS) is 12.6. The Morgan fingerprint density at radius 2 is 1.85 bits per heavy atom. The first kappa shape index (κ1) is 23.4. The molecule has 0 aliphatic heterocycles. The molecule has 3 aromatic carbocycles. The molecule has 0 atom stereocenters. The number of rotatable bonds is 5. The van der Waals surface area contributed by atoms with Gasteiger partial charge in [0.1, 0.15) is 11.5 Å². The highest BCUT2D eigenvalue weighted by Crippen LogP contribution is 2.38. The summed E-state index contributed by atoms with van der Waals surface area (Å²) in [6.45, 7) is 3.08. The molecule has 0 spiro atoms. The van der Waals surface area contributed by atoms with Crippen molar-refractivity contribution in [3.8, 4) is 0 Å². The molecule has 3 N–H and O–H groups in total. The van der Waals surface area contributed by atoms with Crippen molar-refractivity contribution in [2.45, 2.75) is 20.0 Å². The lowest BCUT2D eigenvalue weighted by Gasteiger charge is -2.12. The van der Waals surface area contributed by atoms with E-state index in [4.69, 9.17) is 5.41 Å². The van der Waals surface area contributed by atoms with Crippen LogP contribution in [0.3, 0.4) is 0 Å². The molecular weight excluding hydrogens is 470 g/mol. The number of thiazole rings is 1. The molecule has 0 aliphatic rings. The molecule has 0 saturated heterocycles. The maximum absolute atomic E-state index is 13.8. The van der Waals surface area contributed by atoms with E-state index in [1.165, 1.54) is 31.2 Å². The number of nitrogens with zero attached hydrogens (tertiary/aromatic N) is 1. The highest BCUT2D eigenvalue weighted by molar-refractivity contribution is 7.22. The van der Waals surface area contributed by atoms with Gasteiger partial charge in [0.05, 0.1) is 15.8 Å². The predicted molar refractivity (Wildman–Crippen MR) is 125 cm³/mol. The van der Waals surface area contributed by atoms with Crippen molar-refractivity contribution in [1.82, 2.24) is 4.98 Å². The van der Waals surface area contributed by atoms with Gasteiger partial charge >= 0.3 is 12.1 Å².